The molecule has 0 aromatic heterocycles. The van der Waals surface area contributed by atoms with Gasteiger partial charge in [0.1, 0.15) is 0 Å². The summed E-state index contributed by atoms with van der Waals surface area (Å²) in [7, 11) is 4.73. The maximum atomic E-state index is 13.0. The molecule has 1 heterocycles. The third-order valence-corrected chi connectivity index (χ3v) is 5.12. The van der Waals surface area contributed by atoms with Gasteiger partial charge in [0.15, 0.2) is 11.5 Å². The first-order valence-electron chi connectivity index (χ1n) is 9.22. The zero-order chi connectivity index (χ0) is 19.4. The molecule has 0 N–H and O–H groups in total. The van der Waals surface area contributed by atoms with Crippen molar-refractivity contribution in [1.82, 2.24) is 4.90 Å². The Kier molecular flexibility index (Phi) is 5.89. The number of hydrogen-bond donors (Lipinski definition) is 0. The number of nitrogens with zero attached hydrogens (tertiary/aromatic N) is 1. The summed E-state index contributed by atoms with van der Waals surface area (Å²) in [5.41, 5.74) is 3.28. The fraction of sp³-hybridized carbons (Fsp3) is 0.409. The summed E-state index contributed by atoms with van der Waals surface area (Å²) in [6.45, 7) is 2.87. The molecule has 0 unspecified atom stereocenters. The molecule has 0 bridgehead atoms. The number of likely N-dealkylation sites (tertiary alicyclic amines) is 1. The van der Waals surface area contributed by atoms with Crippen LogP contribution in [0.15, 0.2) is 36.4 Å². The lowest BCUT2D eigenvalue weighted by atomic mass is 10.0. The quantitative estimate of drug-likeness (QED) is 0.774. The number of carbonyl (C=O) groups excluding carboxylic acids is 1. The number of hydrogen-bond acceptors (Lipinski definition) is 4. The second-order valence-corrected chi connectivity index (χ2v) is 6.87. The van der Waals surface area contributed by atoms with Crippen LogP contribution in [-0.2, 0) is 11.2 Å². The molecule has 1 amide bonds. The lowest BCUT2D eigenvalue weighted by molar-refractivity contribution is -0.131. The van der Waals surface area contributed by atoms with Crippen LogP contribution < -0.4 is 14.2 Å². The monoisotopic (exact) mass is 369 g/mol. The summed E-state index contributed by atoms with van der Waals surface area (Å²) in [6, 6.07) is 12.3. The Balaban J connectivity index is 1.81. The van der Waals surface area contributed by atoms with Gasteiger partial charge >= 0.3 is 0 Å². The molecule has 0 saturated carbocycles. The second-order valence-electron chi connectivity index (χ2n) is 6.87. The molecule has 5 heteroatoms. The number of ether oxygens (including phenoxy) is 3. The van der Waals surface area contributed by atoms with Gasteiger partial charge in [-0.15, -0.1) is 0 Å². The molecule has 0 radical (unpaired) electrons. The fourth-order valence-electron chi connectivity index (χ4n) is 3.71. The minimum absolute atomic E-state index is 0.118. The van der Waals surface area contributed by atoms with Gasteiger partial charge in [0.2, 0.25) is 11.7 Å². The molecule has 2 aromatic rings. The average Bonchev–Trinajstić information content (AvgIpc) is 3.17. The van der Waals surface area contributed by atoms with Gasteiger partial charge in [-0.1, -0.05) is 29.8 Å². The predicted molar refractivity (Wildman–Crippen MR) is 105 cm³/mol. The highest BCUT2D eigenvalue weighted by atomic mass is 16.5. The molecule has 144 valence electrons. The van der Waals surface area contributed by atoms with Crippen molar-refractivity contribution >= 4 is 5.91 Å². The lowest BCUT2D eigenvalue weighted by Crippen LogP contribution is -2.31. The van der Waals surface area contributed by atoms with Crippen LogP contribution in [0.25, 0.3) is 0 Å². The summed E-state index contributed by atoms with van der Waals surface area (Å²) in [6.07, 6.45) is 2.34. The second kappa shape index (κ2) is 8.33. The largest absolute Gasteiger partial charge is 0.493 e. The van der Waals surface area contributed by atoms with Crippen LogP contribution in [0.1, 0.15) is 35.6 Å². The van der Waals surface area contributed by atoms with Crippen LogP contribution in [-0.4, -0.2) is 38.7 Å². The summed E-state index contributed by atoms with van der Waals surface area (Å²) >= 11 is 0. The molecule has 1 saturated heterocycles. The molecule has 1 fully saturated rings. The van der Waals surface area contributed by atoms with Gasteiger partial charge < -0.3 is 19.1 Å². The highest BCUT2D eigenvalue weighted by molar-refractivity contribution is 5.80. The highest BCUT2D eigenvalue weighted by Crippen LogP contribution is 2.39. The lowest BCUT2D eigenvalue weighted by Gasteiger charge is -2.25. The van der Waals surface area contributed by atoms with Crippen molar-refractivity contribution in [2.75, 3.05) is 27.9 Å². The molecule has 3 rings (SSSR count). The van der Waals surface area contributed by atoms with Crippen LogP contribution in [0.5, 0.6) is 17.2 Å². The standard InChI is InChI=1S/C22H27NO4/c1-15-7-9-17(10-8-15)18-6-5-11-23(18)21(24)14-16-12-19(25-2)22(27-4)20(13-16)26-3/h7-10,12-13,18H,5-6,11,14H2,1-4H3/t18-/m1/s1. The zero-order valence-corrected chi connectivity index (χ0v) is 16.5. The summed E-state index contributed by atoms with van der Waals surface area (Å²) in [4.78, 5) is 15.0. The van der Waals surface area contributed by atoms with E-state index in [1.54, 1.807) is 21.3 Å². The van der Waals surface area contributed by atoms with Gasteiger partial charge in [-0.05, 0) is 43.0 Å². The van der Waals surface area contributed by atoms with E-state index in [1.807, 2.05) is 17.0 Å². The average molecular weight is 369 g/mol. The molecule has 2 aromatic carbocycles. The smallest absolute Gasteiger partial charge is 0.227 e. The minimum Gasteiger partial charge on any atom is -0.493 e. The molecule has 1 aliphatic rings. The van der Waals surface area contributed by atoms with E-state index in [4.69, 9.17) is 14.2 Å². The minimum atomic E-state index is 0.118. The van der Waals surface area contributed by atoms with Crippen molar-refractivity contribution < 1.29 is 19.0 Å². The van der Waals surface area contributed by atoms with E-state index in [0.29, 0.717) is 23.7 Å². The molecule has 1 aliphatic heterocycles. The molecule has 27 heavy (non-hydrogen) atoms. The maximum absolute atomic E-state index is 13.0. The first-order chi connectivity index (χ1) is 13.1. The number of benzene rings is 2. The SMILES string of the molecule is COc1cc(CC(=O)N2CCC[C@@H]2c2ccc(C)cc2)cc(OC)c1OC. The van der Waals surface area contributed by atoms with Crippen LogP contribution in [0.3, 0.4) is 0 Å². The first-order valence-corrected chi connectivity index (χ1v) is 9.22. The van der Waals surface area contributed by atoms with E-state index in [0.717, 1.165) is 24.9 Å². The molecule has 1 atom stereocenters. The predicted octanol–water partition coefficient (Wildman–Crippen LogP) is 3.93. The van der Waals surface area contributed by atoms with E-state index >= 15 is 0 Å². The molecular formula is C22H27NO4. The van der Waals surface area contributed by atoms with Crippen LogP contribution in [0.4, 0.5) is 0 Å². The van der Waals surface area contributed by atoms with Crippen LogP contribution in [0, 0.1) is 6.92 Å². The maximum Gasteiger partial charge on any atom is 0.227 e. The normalized spacial score (nSPS) is 16.3. The summed E-state index contributed by atoms with van der Waals surface area (Å²) in [5, 5.41) is 0. The molecule has 0 spiro atoms. The Bertz CT molecular complexity index is 775. The number of carbonyl (C=O) groups is 1. The molecule has 0 aliphatic carbocycles. The third-order valence-electron chi connectivity index (χ3n) is 5.12. The Morgan fingerprint density at radius 2 is 1.67 bits per heavy atom. The van der Waals surface area contributed by atoms with E-state index in [9.17, 15) is 4.79 Å². The zero-order valence-electron chi connectivity index (χ0n) is 16.5. The van der Waals surface area contributed by atoms with Gasteiger partial charge in [-0.3, -0.25) is 4.79 Å². The van der Waals surface area contributed by atoms with E-state index < -0.39 is 0 Å². The fourth-order valence-corrected chi connectivity index (χ4v) is 3.71. The van der Waals surface area contributed by atoms with Gasteiger partial charge in [0.25, 0.3) is 0 Å². The van der Waals surface area contributed by atoms with Crippen molar-refractivity contribution in [2.45, 2.75) is 32.2 Å². The molecular weight excluding hydrogens is 342 g/mol. The van der Waals surface area contributed by atoms with Gasteiger partial charge in [-0.25, -0.2) is 0 Å². The third kappa shape index (κ3) is 4.02. The highest BCUT2D eigenvalue weighted by Gasteiger charge is 2.30. The van der Waals surface area contributed by atoms with Crippen molar-refractivity contribution in [3.8, 4) is 17.2 Å². The summed E-state index contributed by atoms with van der Waals surface area (Å²) in [5.74, 6) is 1.79. The van der Waals surface area contributed by atoms with E-state index in [1.165, 1.54) is 11.1 Å². The number of rotatable bonds is 6. The number of methoxy groups -OCH3 is 3. The van der Waals surface area contributed by atoms with Gasteiger partial charge in [-0.2, -0.15) is 0 Å². The van der Waals surface area contributed by atoms with Crippen molar-refractivity contribution in [3.63, 3.8) is 0 Å². The Hall–Kier alpha value is -2.69. The van der Waals surface area contributed by atoms with Gasteiger partial charge in [0.05, 0.1) is 33.8 Å². The Morgan fingerprint density at radius 1 is 1.04 bits per heavy atom. The topological polar surface area (TPSA) is 48.0 Å². The van der Waals surface area contributed by atoms with Crippen molar-refractivity contribution in [3.05, 3.63) is 53.1 Å². The summed E-state index contributed by atoms with van der Waals surface area (Å²) < 4.78 is 16.2. The Labute approximate surface area is 160 Å². The number of aryl methyl sites for hydroxylation is 1. The van der Waals surface area contributed by atoms with E-state index in [2.05, 4.69) is 31.2 Å². The Morgan fingerprint density at radius 3 is 2.22 bits per heavy atom. The number of amides is 1. The molecule has 5 nitrogen and oxygen atoms in total. The van der Waals surface area contributed by atoms with Gasteiger partial charge in [0, 0.05) is 6.54 Å². The van der Waals surface area contributed by atoms with Crippen molar-refractivity contribution in [1.29, 1.82) is 0 Å². The van der Waals surface area contributed by atoms with E-state index in [-0.39, 0.29) is 11.9 Å². The van der Waals surface area contributed by atoms with Crippen molar-refractivity contribution in [2.24, 2.45) is 0 Å². The first kappa shape index (κ1) is 19.1. The van der Waals surface area contributed by atoms with Crippen LogP contribution in [0.2, 0.25) is 0 Å². The van der Waals surface area contributed by atoms with Crippen LogP contribution >= 0.6 is 0 Å².